The van der Waals surface area contributed by atoms with E-state index in [9.17, 15) is 14.4 Å². The van der Waals surface area contributed by atoms with Gasteiger partial charge in [0.15, 0.2) is 0 Å². The van der Waals surface area contributed by atoms with Crippen molar-refractivity contribution in [3.8, 4) is 0 Å². The van der Waals surface area contributed by atoms with Gasteiger partial charge in [0.2, 0.25) is 17.7 Å². The third kappa shape index (κ3) is 3.74. The Bertz CT molecular complexity index is 424. The topological polar surface area (TPSA) is 69.7 Å². The number of likely N-dealkylation sites (tertiary alicyclic amines) is 2. The second-order valence-corrected chi connectivity index (χ2v) is 6.04. The minimum absolute atomic E-state index is 0.0153. The zero-order valence-electron chi connectivity index (χ0n) is 12.9. The summed E-state index contributed by atoms with van der Waals surface area (Å²) < 4.78 is 0. The summed E-state index contributed by atoms with van der Waals surface area (Å²) >= 11 is 0. The molecule has 2 aliphatic heterocycles. The van der Waals surface area contributed by atoms with Gasteiger partial charge in [-0.25, -0.2) is 0 Å². The molecule has 6 heteroatoms. The van der Waals surface area contributed by atoms with E-state index in [0.717, 1.165) is 38.8 Å². The van der Waals surface area contributed by atoms with Crippen LogP contribution in [0.5, 0.6) is 0 Å². The Morgan fingerprint density at radius 1 is 0.952 bits per heavy atom. The number of hydrogen-bond donors (Lipinski definition) is 1. The summed E-state index contributed by atoms with van der Waals surface area (Å²) in [6.07, 6.45) is 3.42. The number of amides is 3. The molecule has 2 saturated heterocycles. The fourth-order valence-electron chi connectivity index (χ4n) is 3.32. The first kappa shape index (κ1) is 15.8. The first-order valence-corrected chi connectivity index (χ1v) is 7.78. The average molecular weight is 295 g/mol. The average Bonchev–Trinajstić information content (AvgIpc) is 2.53. The lowest BCUT2D eigenvalue weighted by atomic mass is 9.92. The highest BCUT2D eigenvalue weighted by Gasteiger charge is 2.34. The Morgan fingerprint density at radius 3 is 2.14 bits per heavy atom. The van der Waals surface area contributed by atoms with Crippen molar-refractivity contribution in [1.29, 1.82) is 0 Å². The van der Waals surface area contributed by atoms with E-state index in [0.29, 0.717) is 13.1 Å². The minimum Gasteiger partial charge on any atom is -0.359 e. The second-order valence-electron chi connectivity index (χ2n) is 6.04. The molecule has 0 aromatic rings. The molecule has 3 amide bonds. The van der Waals surface area contributed by atoms with Gasteiger partial charge in [-0.05, 0) is 25.7 Å². The summed E-state index contributed by atoms with van der Waals surface area (Å²) in [7, 11) is 1.63. The van der Waals surface area contributed by atoms with Crippen molar-refractivity contribution in [3.63, 3.8) is 0 Å². The van der Waals surface area contributed by atoms with E-state index < -0.39 is 0 Å². The molecule has 6 nitrogen and oxygen atoms in total. The van der Waals surface area contributed by atoms with Gasteiger partial charge in [-0.1, -0.05) is 0 Å². The number of carbonyl (C=O) groups excluding carboxylic acids is 3. The van der Waals surface area contributed by atoms with Gasteiger partial charge in [-0.3, -0.25) is 14.4 Å². The monoisotopic (exact) mass is 295 g/mol. The quantitative estimate of drug-likeness (QED) is 0.793. The van der Waals surface area contributed by atoms with Crippen LogP contribution in [0.3, 0.4) is 0 Å². The Hall–Kier alpha value is -1.59. The number of nitrogens with zero attached hydrogens (tertiary/aromatic N) is 2. The zero-order chi connectivity index (χ0) is 15.4. The third-order valence-corrected chi connectivity index (χ3v) is 4.57. The number of nitrogens with one attached hydrogen (secondary N) is 1. The molecule has 2 fully saturated rings. The van der Waals surface area contributed by atoms with Crippen LogP contribution in [0.4, 0.5) is 0 Å². The number of hydrogen-bond acceptors (Lipinski definition) is 3. The van der Waals surface area contributed by atoms with Gasteiger partial charge in [0, 0.05) is 40.2 Å². The maximum Gasteiger partial charge on any atom is 0.227 e. The van der Waals surface area contributed by atoms with Crippen LogP contribution in [0.15, 0.2) is 0 Å². The van der Waals surface area contributed by atoms with Crippen molar-refractivity contribution in [3.05, 3.63) is 0 Å². The number of piperidine rings is 2. The van der Waals surface area contributed by atoms with E-state index >= 15 is 0 Å². The van der Waals surface area contributed by atoms with Crippen LogP contribution in [-0.4, -0.2) is 60.7 Å². The van der Waals surface area contributed by atoms with Gasteiger partial charge in [-0.2, -0.15) is 0 Å². The zero-order valence-corrected chi connectivity index (χ0v) is 12.9. The van der Waals surface area contributed by atoms with E-state index in [1.807, 2.05) is 4.90 Å². The molecule has 2 unspecified atom stereocenters. The maximum atomic E-state index is 12.6. The summed E-state index contributed by atoms with van der Waals surface area (Å²) in [6.45, 7) is 4.06. The molecule has 2 atom stereocenters. The molecule has 2 heterocycles. The molecular formula is C15H25N3O3. The third-order valence-electron chi connectivity index (χ3n) is 4.57. The summed E-state index contributed by atoms with van der Waals surface area (Å²) in [6, 6.07) is 0. The second kappa shape index (κ2) is 6.91. The predicted octanol–water partition coefficient (Wildman–Crippen LogP) is 0.230. The molecule has 0 aliphatic carbocycles. The highest BCUT2D eigenvalue weighted by atomic mass is 16.2. The molecule has 21 heavy (non-hydrogen) atoms. The van der Waals surface area contributed by atoms with Crippen molar-refractivity contribution in [2.75, 3.05) is 33.2 Å². The van der Waals surface area contributed by atoms with Gasteiger partial charge >= 0.3 is 0 Å². The van der Waals surface area contributed by atoms with Crippen LogP contribution >= 0.6 is 0 Å². The smallest absolute Gasteiger partial charge is 0.227 e. The molecule has 2 rings (SSSR count). The SMILES string of the molecule is CNC(=O)C1CCCN(C(=O)C2CCCN(C(C)=O)C2)C1. The first-order valence-electron chi connectivity index (χ1n) is 7.78. The normalized spacial score (nSPS) is 26.4. The number of carbonyl (C=O) groups is 3. The van der Waals surface area contributed by atoms with Gasteiger partial charge < -0.3 is 15.1 Å². The van der Waals surface area contributed by atoms with E-state index in [1.54, 1.807) is 18.9 Å². The highest BCUT2D eigenvalue weighted by Crippen LogP contribution is 2.23. The van der Waals surface area contributed by atoms with Gasteiger partial charge in [0.05, 0.1) is 11.8 Å². The van der Waals surface area contributed by atoms with E-state index in [4.69, 9.17) is 0 Å². The van der Waals surface area contributed by atoms with Crippen molar-refractivity contribution >= 4 is 17.7 Å². The van der Waals surface area contributed by atoms with Crippen LogP contribution in [0.25, 0.3) is 0 Å². The Morgan fingerprint density at radius 2 is 1.52 bits per heavy atom. The van der Waals surface area contributed by atoms with E-state index in [-0.39, 0.29) is 29.6 Å². The number of rotatable bonds is 2. The molecule has 0 radical (unpaired) electrons. The minimum atomic E-state index is -0.105. The molecule has 0 aromatic heterocycles. The summed E-state index contributed by atoms with van der Waals surface area (Å²) in [5.74, 6) is -0.0447. The Kier molecular flexibility index (Phi) is 5.20. The first-order chi connectivity index (χ1) is 10.0. The standard InChI is InChI=1S/C15H25N3O3/c1-11(19)17-7-4-6-13(10-17)15(21)18-8-3-5-12(9-18)14(20)16-2/h12-13H,3-10H2,1-2H3,(H,16,20). The van der Waals surface area contributed by atoms with Crippen molar-refractivity contribution < 1.29 is 14.4 Å². The van der Waals surface area contributed by atoms with Gasteiger partial charge in [0.1, 0.15) is 0 Å². The maximum absolute atomic E-state index is 12.6. The van der Waals surface area contributed by atoms with Gasteiger partial charge in [0.25, 0.3) is 0 Å². The molecule has 2 aliphatic rings. The lowest BCUT2D eigenvalue weighted by molar-refractivity contribution is -0.142. The van der Waals surface area contributed by atoms with Crippen molar-refractivity contribution in [2.45, 2.75) is 32.6 Å². The van der Waals surface area contributed by atoms with Crippen molar-refractivity contribution in [2.24, 2.45) is 11.8 Å². The Labute approximate surface area is 125 Å². The predicted molar refractivity (Wildman–Crippen MR) is 78.3 cm³/mol. The van der Waals surface area contributed by atoms with Gasteiger partial charge in [-0.15, -0.1) is 0 Å². The highest BCUT2D eigenvalue weighted by molar-refractivity contribution is 5.83. The molecule has 0 aromatic carbocycles. The lowest BCUT2D eigenvalue weighted by Crippen LogP contribution is -2.50. The summed E-state index contributed by atoms with van der Waals surface area (Å²) in [4.78, 5) is 39.4. The van der Waals surface area contributed by atoms with Crippen LogP contribution in [-0.2, 0) is 14.4 Å². The van der Waals surface area contributed by atoms with E-state index in [1.165, 1.54) is 0 Å². The van der Waals surface area contributed by atoms with Crippen LogP contribution in [0, 0.1) is 11.8 Å². The van der Waals surface area contributed by atoms with Crippen LogP contribution in [0.1, 0.15) is 32.6 Å². The van der Waals surface area contributed by atoms with E-state index in [2.05, 4.69) is 5.32 Å². The van der Waals surface area contributed by atoms with Crippen LogP contribution < -0.4 is 5.32 Å². The molecule has 0 bridgehead atoms. The lowest BCUT2D eigenvalue weighted by Gasteiger charge is -2.37. The fourth-order valence-corrected chi connectivity index (χ4v) is 3.32. The fraction of sp³-hybridized carbons (Fsp3) is 0.800. The molecule has 0 spiro atoms. The summed E-state index contributed by atoms with van der Waals surface area (Å²) in [5.41, 5.74) is 0. The van der Waals surface area contributed by atoms with Crippen molar-refractivity contribution in [1.82, 2.24) is 15.1 Å². The molecule has 1 N–H and O–H groups in total. The Balaban J connectivity index is 1.95. The summed E-state index contributed by atoms with van der Waals surface area (Å²) in [5, 5.41) is 2.67. The largest absolute Gasteiger partial charge is 0.359 e. The van der Waals surface area contributed by atoms with Crippen LogP contribution in [0.2, 0.25) is 0 Å². The molecule has 0 saturated carbocycles. The molecular weight excluding hydrogens is 270 g/mol. The molecule has 118 valence electrons.